The molecule has 0 aromatic heterocycles. The second-order valence-corrected chi connectivity index (χ2v) is 4.89. The summed E-state index contributed by atoms with van der Waals surface area (Å²) in [5.41, 5.74) is 1.24. The highest BCUT2D eigenvalue weighted by molar-refractivity contribution is 5.53. The lowest BCUT2D eigenvalue weighted by atomic mass is 9.71. The van der Waals surface area contributed by atoms with Gasteiger partial charge in [0.15, 0.2) is 0 Å². The molecule has 0 N–H and O–H groups in total. The molecular weight excluding hydrogens is 258 g/mol. The number of nitrogens with zero attached hydrogens (tertiary/aromatic N) is 1. The van der Waals surface area contributed by atoms with Crippen molar-refractivity contribution in [3.05, 3.63) is 23.3 Å². The summed E-state index contributed by atoms with van der Waals surface area (Å²) >= 11 is 0. The number of carbonyl (C=O) groups excluding carboxylic acids is 1. The molecule has 0 amide bonds. The smallest absolute Gasteiger partial charge is 0.235 e. The van der Waals surface area contributed by atoms with Gasteiger partial charge < -0.3 is 14.2 Å². The zero-order valence-electron chi connectivity index (χ0n) is 12.1. The Balaban J connectivity index is 2.60. The van der Waals surface area contributed by atoms with Crippen LogP contribution in [0.1, 0.15) is 30.4 Å². The van der Waals surface area contributed by atoms with E-state index >= 15 is 0 Å². The number of hydrogen-bond acceptors (Lipinski definition) is 5. The molecule has 1 aliphatic rings. The minimum absolute atomic E-state index is 0.411. The molecular formula is C15H19NO4. The molecule has 1 aromatic rings. The van der Waals surface area contributed by atoms with Gasteiger partial charge in [-0.25, -0.2) is 4.79 Å². The largest absolute Gasteiger partial charge is 0.497 e. The first-order valence-electron chi connectivity index (χ1n) is 6.54. The third-order valence-corrected chi connectivity index (χ3v) is 3.82. The molecule has 1 aliphatic carbocycles. The van der Waals surface area contributed by atoms with Gasteiger partial charge in [0.1, 0.15) is 17.0 Å². The summed E-state index contributed by atoms with van der Waals surface area (Å²) in [6.45, 7) is 0.411. The predicted molar refractivity (Wildman–Crippen MR) is 73.9 cm³/mol. The molecule has 5 nitrogen and oxygen atoms in total. The lowest BCUT2D eigenvalue weighted by Gasteiger charge is -2.38. The van der Waals surface area contributed by atoms with Crippen molar-refractivity contribution in [3.63, 3.8) is 0 Å². The SMILES string of the molecule is COCc1cc(OC)cc(C2(N=C=O)CCC2)c1OC. The molecule has 1 aromatic carbocycles. The summed E-state index contributed by atoms with van der Waals surface area (Å²) in [5, 5.41) is 0. The van der Waals surface area contributed by atoms with E-state index in [1.165, 1.54) is 0 Å². The van der Waals surface area contributed by atoms with Crippen LogP contribution >= 0.6 is 0 Å². The second-order valence-electron chi connectivity index (χ2n) is 4.89. The number of isocyanates is 1. The third kappa shape index (κ3) is 2.42. The van der Waals surface area contributed by atoms with Gasteiger partial charge in [-0.2, -0.15) is 4.99 Å². The van der Waals surface area contributed by atoms with Crippen molar-refractivity contribution >= 4 is 6.08 Å². The quantitative estimate of drug-likeness (QED) is 0.592. The van der Waals surface area contributed by atoms with Crippen molar-refractivity contribution < 1.29 is 19.0 Å². The number of hydrogen-bond donors (Lipinski definition) is 0. The monoisotopic (exact) mass is 277 g/mol. The van der Waals surface area contributed by atoms with Crippen LogP contribution in [0.2, 0.25) is 0 Å². The molecule has 0 radical (unpaired) electrons. The van der Waals surface area contributed by atoms with Crippen LogP contribution in [0.15, 0.2) is 17.1 Å². The Kier molecular flexibility index (Phi) is 4.42. The van der Waals surface area contributed by atoms with Crippen LogP contribution in [-0.2, 0) is 21.7 Å². The van der Waals surface area contributed by atoms with E-state index in [0.717, 1.165) is 30.4 Å². The second kappa shape index (κ2) is 6.07. The van der Waals surface area contributed by atoms with Gasteiger partial charge >= 0.3 is 0 Å². The number of benzene rings is 1. The van der Waals surface area contributed by atoms with E-state index in [-0.39, 0.29) is 0 Å². The molecule has 5 heteroatoms. The average Bonchev–Trinajstić information content (AvgIpc) is 2.42. The Hall–Kier alpha value is -1.84. The Morgan fingerprint density at radius 3 is 2.45 bits per heavy atom. The number of aliphatic imine (C=N–C) groups is 1. The summed E-state index contributed by atoms with van der Waals surface area (Å²) in [7, 11) is 4.85. The van der Waals surface area contributed by atoms with Crippen molar-refractivity contribution in [1.82, 2.24) is 0 Å². The van der Waals surface area contributed by atoms with Crippen molar-refractivity contribution in [2.45, 2.75) is 31.4 Å². The molecule has 108 valence electrons. The molecule has 0 saturated heterocycles. The van der Waals surface area contributed by atoms with E-state index in [0.29, 0.717) is 18.1 Å². The molecule has 0 aliphatic heterocycles. The van der Waals surface area contributed by atoms with Gasteiger partial charge in [0.25, 0.3) is 0 Å². The van der Waals surface area contributed by atoms with Crippen LogP contribution < -0.4 is 9.47 Å². The molecule has 1 saturated carbocycles. The maximum atomic E-state index is 10.8. The Bertz CT molecular complexity index is 531. The van der Waals surface area contributed by atoms with E-state index in [2.05, 4.69) is 4.99 Å². The standard InChI is InChI=1S/C15H19NO4/c1-18-9-11-7-12(19-2)8-13(14(11)20-3)15(16-10-17)5-4-6-15/h7-8H,4-6,9H2,1-3H3. The Morgan fingerprint density at radius 2 is 2.00 bits per heavy atom. The fraction of sp³-hybridized carbons (Fsp3) is 0.533. The Morgan fingerprint density at radius 1 is 1.25 bits per heavy atom. The number of methoxy groups -OCH3 is 3. The van der Waals surface area contributed by atoms with Crippen LogP contribution in [0.25, 0.3) is 0 Å². The first-order valence-corrected chi connectivity index (χ1v) is 6.54. The maximum Gasteiger partial charge on any atom is 0.235 e. The van der Waals surface area contributed by atoms with E-state index in [1.807, 2.05) is 12.1 Å². The predicted octanol–water partition coefficient (Wildman–Crippen LogP) is 2.57. The molecule has 0 bridgehead atoms. The molecule has 0 unspecified atom stereocenters. The van der Waals surface area contributed by atoms with Gasteiger partial charge in [0.05, 0.1) is 20.8 Å². The van der Waals surface area contributed by atoms with Gasteiger partial charge in [-0.3, -0.25) is 0 Å². The number of rotatable bonds is 6. The molecule has 1 fully saturated rings. The normalized spacial score (nSPS) is 15.9. The highest BCUT2D eigenvalue weighted by atomic mass is 16.5. The maximum absolute atomic E-state index is 10.8. The van der Waals surface area contributed by atoms with E-state index in [4.69, 9.17) is 14.2 Å². The van der Waals surface area contributed by atoms with Crippen molar-refractivity contribution in [3.8, 4) is 11.5 Å². The molecule has 0 spiro atoms. The Labute approximate surface area is 118 Å². The van der Waals surface area contributed by atoms with E-state index in [9.17, 15) is 4.79 Å². The van der Waals surface area contributed by atoms with Crippen LogP contribution in [0.3, 0.4) is 0 Å². The van der Waals surface area contributed by atoms with Crippen LogP contribution in [0, 0.1) is 0 Å². The summed E-state index contributed by atoms with van der Waals surface area (Å²) in [4.78, 5) is 14.8. The summed E-state index contributed by atoms with van der Waals surface area (Å²) in [5.74, 6) is 1.42. The van der Waals surface area contributed by atoms with Gasteiger partial charge in [-0.1, -0.05) is 0 Å². The van der Waals surface area contributed by atoms with Crippen molar-refractivity contribution in [1.29, 1.82) is 0 Å². The van der Waals surface area contributed by atoms with E-state index < -0.39 is 5.54 Å². The summed E-state index contributed by atoms with van der Waals surface area (Å²) in [6.07, 6.45) is 4.36. The summed E-state index contributed by atoms with van der Waals surface area (Å²) in [6, 6.07) is 3.76. The van der Waals surface area contributed by atoms with Gasteiger partial charge in [0.2, 0.25) is 6.08 Å². The number of ether oxygens (including phenoxy) is 3. The third-order valence-electron chi connectivity index (χ3n) is 3.82. The first kappa shape index (κ1) is 14.6. The molecule has 0 heterocycles. The summed E-state index contributed by atoms with van der Waals surface area (Å²) < 4.78 is 16.1. The van der Waals surface area contributed by atoms with Gasteiger partial charge in [-0.15, -0.1) is 0 Å². The lowest BCUT2D eigenvalue weighted by molar-refractivity contribution is 0.179. The highest BCUT2D eigenvalue weighted by Gasteiger charge is 2.42. The van der Waals surface area contributed by atoms with Crippen LogP contribution in [0.5, 0.6) is 11.5 Å². The minimum atomic E-state index is -0.524. The van der Waals surface area contributed by atoms with E-state index in [1.54, 1.807) is 27.4 Å². The first-order chi connectivity index (χ1) is 9.70. The zero-order chi connectivity index (χ0) is 14.6. The lowest BCUT2D eigenvalue weighted by Crippen LogP contribution is -2.32. The van der Waals surface area contributed by atoms with Gasteiger partial charge in [-0.05, 0) is 31.4 Å². The average molecular weight is 277 g/mol. The molecule has 2 rings (SSSR count). The molecule has 0 atom stereocenters. The van der Waals surface area contributed by atoms with Crippen molar-refractivity contribution in [2.24, 2.45) is 4.99 Å². The molecule has 20 heavy (non-hydrogen) atoms. The topological polar surface area (TPSA) is 57.1 Å². The van der Waals surface area contributed by atoms with Gasteiger partial charge in [0, 0.05) is 18.2 Å². The fourth-order valence-electron chi connectivity index (χ4n) is 2.67. The highest BCUT2D eigenvalue weighted by Crippen LogP contribution is 2.50. The fourth-order valence-corrected chi connectivity index (χ4v) is 2.67. The van der Waals surface area contributed by atoms with Crippen LogP contribution in [-0.4, -0.2) is 27.4 Å². The zero-order valence-corrected chi connectivity index (χ0v) is 12.1. The van der Waals surface area contributed by atoms with Crippen LogP contribution in [0.4, 0.5) is 0 Å². The van der Waals surface area contributed by atoms with Crippen molar-refractivity contribution in [2.75, 3.05) is 21.3 Å². The minimum Gasteiger partial charge on any atom is -0.497 e.